The second-order valence-corrected chi connectivity index (χ2v) is 6.49. The molecular weight excluding hydrogens is 218 g/mol. The van der Waals surface area contributed by atoms with E-state index in [0.29, 0.717) is 6.04 Å². The van der Waals surface area contributed by atoms with E-state index < -0.39 is 5.60 Å². The van der Waals surface area contributed by atoms with Crippen LogP contribution in [0.3, 0.4) is 0 Å². The average molecular weight is 245 g/mol. The minimum absolute atomic E-state index is 0.558. The van der Waals surface area contributed by atoms with E-state index >= 15 is 0 Å². The minimum atomic E-state index is -0.558. The molecule has 0 radical (unpaired) electrons. The van der Waals surface area contributed by atoms with E-state index in [0.717, 1.165) is 18.2 Å². The van der Waals surface area contributed by atoms with Gasteiger partial charge in [-0.2, -0.15) is 11.8 Å². The molecule has 16 heavy (non-hydrogen) atoms. The van der Waals surface area contributed by atoms with Gasteiger partial charge in [-0.05, 0) is 38.4 Å². The Labute approximate surface area is 105 Å². The monoisotopic (exact) mass is 245 g/mol. The van der Waals surface area contributed by atoms with Gasteiger partial charge in [-0.3, -0.25) is 0 Å². The molecule has 0 aromatic heterocycles. The SMILES string of the molecule is CSCC(C)(O)CNC1CCCC(C)CC1. The van der Waals surface area contributed by atoms with Gasteiger partial charge in [0, 0.05) is 18.3 Å². The molecule has 2 nitrogen and oxygen atoms in total. The zero-order valence-electron chi connectivity index (χ0n) is 11.0. The van der Waals surface area contributed by atoms with Crippen LogP contribution in [0.5, 0.6) is 0 Å². The van der Waals surface area contributed by atoms with Crippen LogP contribution in [0.15, 0.2) is 0 Å². The largest absolute Gasteiger partial charge is 0.388 e. The molecule has 96 valence electrons. The molecular formula is C13H27NOS. The number of hydrogen-bond acceptors (Lipinski definition) is 3. The van der Waals surface area contributed by atoms with E-state index in [2.05, 4.69) is 12.2 Å². The highest BCUT2D eigenvalue weighted by Gasteiger charge is 2.22. The molecule has 0 heterocycles. The van der Waals surface area contributed by atoms with Gasteiger partial charge in [-0.15, -0.1) is 0 Å². The van der Waals surface area contributed by atoms with Crippen LogP contribution < -0.4 is 5.32 Å². The van der Waals surface area contributed by atoms with Crippen molar-refractivity contribution in [1.29, 1.82) is 0 Å². The summed E-state index contributed by atoms with van der Waals surface area (Å²) in [6.07, 6.45) is 8.64. The second-order valence-electron chi connectivity index (χ2n) is 5.62. The maximum Gasteiger partial charge on any atom is 0.0833 e. The second kappa shape index (κ2) is 6.87. The molecule has 0 aromatic carbocycles. The Hall–Kier alpha value is 0.270. The van der Waals surface area contributed by atoms with Crippen molar-refractivity contribution in [2.75, 3.05) is 18.6 Å². The lowest BCUT2D eigenvalue weighted by molar-refractivity contribution is 0.0806. The molecule has 1 fully saturated rings. The highest BCUT2D eigenvalue weighted by atomic mass is 32.2. The first-order chi connectivity index (χ1) is 7.53. The maximum atomic E-state index is 10.1. The Morgan fingerprint density at radius 1 is 1.31 bits per heavy atom. The van der Waals surface area contributed by atoms with Crippen molar-refractivity contribution >= 4 is 11.8 Å². The Balaban J connectivity index is 2.26. The quantitative estimate of drug-likeness (QED) is 0.730. The average Bonchev–Trinajstić information content (AvgIpc) is 2.40. The van der Waals surface area contributed by atoms with Gasteiger partial charge in [-0.25, -0.2) is 0 Å². The fourth-order valence-corrected chi connectivity index (χ4v) is 3.14. The molecule has 1 aliphatic carbocycles. The zero-order valence-corrected chi connectivity index (χ0v) is 11.8. The van der Waals surface area contributed by atoms with Gasteiger partial charge in [0.1, 0.15) is 0 Å². The van der Waals surface area contributed by atoms with Gasteiger partial charge < -0.3 is 10.4 Å². The summed E-state index contributed by atoms with van der Waals surface area (Å²) >= 11 is 1.71. The van der Waals surface area contributed by atoms with Crippen molar-refractivity contribution in [3.8, 4) is 0 Å². The molecule has 3 heteroatoms. The highest BCUT2D eigenvalue weighted by Crippen LogP contribution is 2.23. The van der Waals surface area contributed by atoms with Crippen LogP contribution in [0, 0.1) is 5.92 Å². The third kappa shape index (κ3) is 5.55. The molecule has 0 spiro atoms. The van der Waals surface area contributed by atoms with Crippen LogP contribution >= 0.6 is 11.8 Å². The fraction of sp³-hybridized carbons (Fsp3) is 1.00. The van der Waals surface area contributed by atoms with Crippen molar-refractivity contribution in [1.82, 2.24) is 5.32 Å². The van der Waals surface area contributed by atoms with E-state index in [1.807, 2.05) is 13.2 Å². The maximum absolute atomic E-state index is 10.1. The summed E-state index contributed by atoms with van der Waals surface area (Å²) in [5, 5.41) is 13.6. The predicted octanol–water partition coefficient (Wildman–Crippen LogP) is 2.66. The highest BCUT2D eigenvalue weighted by molar-refractivity contribution is 7.98. The molecule has 2 N–H and O–H groups in total. The first kappa shape index (κ1) is 14.3. The lowest BCUT2D eigenvalue weighted by Gasteiger charge is -2.26. The van der Waals surface area contributed by atoms with Crippen molar-refractivity contribution in [2.45, 2.75) is 57.6 Å². The topological polar surface area (TPSA) is 32.3 Å². The molecule has 0 bridgehead atoms. The summed E-state index contributed by atoms with van der Waals surface area (Å²) in [5.41, 5.74) is -0.558. The number of hydrogen-bond donors (Lipinski definition) is 2. The van der Waals surface area contributed by atoms with Crippen molar-refractivity contribution in [3.63, 3.8) is 0 Å². The summed E-state index contributed by atoms with van der Waals surface area (Å²) in [5.74, 6) is 1.70. The summed E-state index contributed by atoms with van der Waals surface area (Å²) < 4.78 is 0. The van der Waals surface area contributed by atoms with Crippen LogP contribution in [0.1, 0.15) is 46.0 Å². The van der Waals surface area contributed by atoms with Gasteiger partial charge in [-0.1, -0.05) is 19.8 Å². The summed E-state index contributed by atoms with van der Waals surface area (Å²) in [4.78, 5) is 0. The van der Waals surface area contributed by atoms with Crippen molar-refractivity contribution < 1.29 is 5.11 Å². The van der Waals surface area contributed by atoms with E-state index in [-0.39, 0.29) is 0 Å². The summed E-state index contributed by atoms with van der Waals surface area (Å²) in [6.45, 7) is 5.01. The summed E-state index contributed by atoms with van der Waals surface area (Å²) in [7, 11) is 0. The first-order valence-electron chi connectivity index (χ1n) is 6.48. The van der Waals surface area contributed by atoms with Crippen LogP contribution in [0.25, 0.3) is 0 Å². The van der Waals surface area contributed by atoms with E-state index in [1.165, 1.54) is 32.1 Å². The normalized spacial score (nSPS) is 30.8. The van der Waals surface area contributed by atoms with Gasteiger partial charge in [0.25, 0.3) is 0 Å². The molecule has 1 saturated carbocycles. The predicted molar refractivity (Wildman–Crippen MR) is 73.0 cm³/mol. The van der Waals surface area contributed by atoms with E-state index in [1.54, 1.807) is 11.8 Å². The van der Waals surface area contributed by atoms with Gasteiger partial charge in [0.05, 0.1) is 5.60 Å². The fourth-order valence-electron chi connectivity index (χ4n) is 2.42. The molecule has 1 aliphatic rings. The summed E-state index contributed by atoms with van der Waals surface area (Å²) in [6, 6.07) is 0.623. The molecule has 0 aromatic rings. The Morgan fingerprint density at radius 3 is 2.75 bits per heavy atom. The van der Waals surface area contributed by atoms with Crippen molar-refractivity contribution in [3.05, 3.63) is 0 Å². The molecule has 3 unspecified atom stereocenters. The van der Waals surface area contributed by atoms with Gasteiger partial charge in [0.15, 0.2) is 0 Å². The standard InChI is InChI=1S/C13H27NOS/c1-11-5-4-6-12(8-7-11)14-9-13(2,15)10-16-3/h11-12,14-15H,4-10H2,1-3H3. The Morgan fingerprint density at radius 2 is 2.06 bits per heavy atom. The number of aliphatic hydroxyl groups is 1. The van der Waals surface area contributed by atoms with Gasteiger partial charge >= 0.3 is 0 Å². The van der Waals surface area contributed by atoms with Gasteiger partial charge in [0.2, 0.25) is 0 Å². The zero-order chi connectivity index (χ0) is 12.0. The van der Waals surface area contributed by atoms with Crippen LogP contribution in [0.4, 0.5) is 0 Å². The third-order valence-corrected chi connectivity index (χ3v) is 4.39. The molecule has 1 rings (SSSR count). The molecule has 3 atom stereocenters. The number of thioether (sulfide) groups is 1. The van der Waals surface area contributed by atoms with Crippen LogP contribution in [-0.2, 0) is 0 Å². The van der Waals surface area contributed by atoms with Crippen LogP contribution in [0.2, 0.25) is 0 Å². The lowest BCUT2D eigenvalue weighted by atomic mass is 10.0. The Bertz CT molecular complexity index is 196. The Kier molecular flexibility index (Phi) is 6.16. The molecule has 0 aliphatic heterocycles. The number of nitrogens with one attached hydrogen (secondary N) is 1. The lowest BCUT2D eigenvalue weighted by Crippen LogP contribution is -2.44. The smallest absolute Gasteiger partial charge is 0.0833 e. The first-order valence-corrected chi connectivity index (χ1v) is 7.87. The van der Waals surface area contributed by atoms with Crippen molar-refractivity contribution in [2.24, 2.45) is 5.92 Å². The third-order valence-electron chi connectivity index (χ3n) is 3.48. The number of rotatable bonds is 5. The molecule has 0 amide bonds. The molecule has 0 saturated heterocycles. The van der Waals surface area contributed by atoms with E-state index in [9.17, 15) is 5.11 Å². The van der Waals surface area contributed by atoms with Crippen LogP contribution in [-0.4, -0.2) is 35.3 Å². The minimum Gasteiger partial charge on any atom is -0.388 e. The van der Waals surface area contributed by atoms with E-state index in [4.69, 9.17) is 0 Å².